The van der Waals surface area contributed by atoms with Crippen LogP contribution in [0.15, 0.2) is 42.7 Å². The molecule has 0 aliphatic rings. The number of nitrogens with one attached hydrogen (secondary N) is 2. The molecule has 120 valence electrons. The van der Waals surface area contributed by atoms with Gasteiger partial charge in [-0.05, 0) is 57.0 Å². The summed E-state index contributed by atoms with van der Waals surface area (Å²) >= 11 is 0. The summed E-state index contributed by atoms with van der Waals surface area (Å²) in [5.41, 5.74) is 2.70. The summed E-state index contributed by atoms with van der Waals surface area (Å²) < 4.78 is 0. The molecule has 1 amide bonds. The maximum absolute atomic E-state index is 12.3. The molecule has 0 spiro atoms. The molecule has 2 N–H and O–H groups in total. The Hall–Kier alpha value is -3.13. The first-order valence-corrected chi connectivity index (χ1v) is 7.64. The van der Waals surface area contributed by atoms with Crippen LogP contribution in [0.1, 0.15) is 36.8 Å². The fourth-order valence-electron chi connectivity index (χ4n) is 2.08. The molecule has 2 heterocycles. The van der Waals surface area contributed by atoms with Crippen molar-refractivity contribution in [3.05, 3.63) is 54.0 Å². The Morgan fingerprint density at radius 3 is 2.71 bits per heavy atom. The van der Waals surface area contributed by atoms with Gasteiger partial charge >= 0.3 is 0 Å². The number of fused-ring (bicyclic) bond motifs is 1. The monoisotopic (exact) mass is 318 g/mol. The largest absolute Gasteiger partial charge is 0.322 e. The van der Waals surface area contributed by atoms with Crippen LogP contribution in [0.25, 0.3) is 10.9 Å². The third-order valence-electron chi connectivity index (χ3n) is 3.29. The number of carbonyl (C=O) groups is 1. The second-order valence-electron chi connectivity index (χ2n) is 6.56. The van der Waals surface area contributed by atoms with Gasteiger partial charge in [0.1, 0.15) is 5.69 Å². The molecule has 0 radical (unpaired) electrons. The van der Waals surface area contributed by atoms with E-state index in [2.05, 4.69) is 32.3 Å². The van der Waals surface area contributed by atoms with Crippen LogP contribution in [0.3, 0.4) is 0 Å². The predicted octanol–water partition coefficient (Wildman–Crippen LogP) is 3.61. The average Bonchev–Trinajstić information content (AvgIpc) is 3.00. The Kier molecular flexibility index (Phi) is 4.05. The minimum atomic E-state index is -0.208. The average molecular weight is 318 g/mol. The second-order valence-corrected chi connectivity index (χ2v) is 6.56. The van der Waals surface area contributed by atoms with Crippen LogP contribution in [0, 0.1) is 17.3 Å². The molecule has 1 aromatic carbocycles. The van der Waals surface area contributed by atoms with Crippen LogP contribution in [0.5, 0.6) is 0 Å². The summed E-state index contributed by atoms with van der Waals surface area (Å²) in [6, 6.07) is 9.06. The van der Waals surface area contributed by atoms with Crippen LogP contribution in [0.4, 0.5) is 5.69 Å². The Bertz CT molecular complexity index is 937. The van der Waals surface area contributed by atoms with E-state index < -0.39 is 0 Å². The molecule has 5 nitrogen and oxygen atoms in total. The van der Waals surface area contributed by atoms with E-state index in [0.717, 1.165) is 10.9 Å². The first-order chi connectivity index (χ1) is 11.4. The summed E-state index contributed by atoms with van der Waals surface area (Å²) in [5.74, 6) is 5.93. The van der Waals surface area contributed by atoms with Crippen molar-refractivity contribution in [3.63, 3.8) is 0 Å². The van der Waals surface area contributed by atoms with Crippen LogP contribution in [0.2, 0.25) is 0 Å². The Balaban J connectivity index is 1.73. The van der Waals surface area contributed by atoms with E-state index in [1.165, 1.54) is 0 Å². The zero-order valence-electron chi connectivity index (χ0n) is 13.8. The summed E-state index contributed by atoms with van der Waals surface area (Å²) in [4.78, 5) is 16.5. The number of hydrogen-bond acceptors (Lipinski definition) is 3. The summed E-state index contributed by atoms with van der Waals surface area (Å²) in [7, 11) is 0. The number of aromatic amines is 1. The number of pyridine rings is 1. The van der Waals surface area contributed by atoms with Gasteiger partial charge in [-0.15, -0.1) is 0 Å². The molecule has 3 aromatic rings. The van der Waals surface area contributed by atoms with Gasteiger partial charge in [-0.1, -0.05) is 5.92 Å². The number of hydrogen-bond donors (Lipinski definition) is 2. The third kappa shape index (κ3) is 3.79. The van der Waals surface area contributed by atoms with Crippen molar-refractivity contribution in [1.29, 1.82) is 0 Å². The maximum Gasteiger partial charge on any atom is 0.257 e. The van der Waals surface area contributed by atoms with Gasteiger partial charge in [0, 0.05) is 22.7 Å². The number of rotatable bonds is 2. The molecule has 3 rings (SSSR count). The number of anilines is 1. The lowest BCUT2D eigenvalue weighted by Crippen LogP contribution is -2.12. The van der Waals surface area contributed by atoms with E-state index in [-0.39, 0.29) is 11.3 Å². The zero-order chi connectivity index (χ0) is 17.2. The van der Waals surface area contributed by atoms with Gasteiger partial charge in [-0.2, -0.15) is 5.10 Å². The first-order valence-electron chi connectivity index (χ1n) is 7.64. The zero-order valence-corrected chi connectivity index (χ0v) is 13.8. The van der Waals surface area contributed by atoms with Crippen molar-refractivity contribution in [1.82, 2.24) is 15.2 Å². The van der Waals surface area contributed by atoms with Crippen molar-refractivity contribution in [3.8, 4) is 11.8 Å². The van der Waals surface area contributed by atoms with E-state index in [1.807, 2.05) is 39.0 Å². The van der Waals surface area contributed by atoms with Crippen molar-refractivity contribution < 1.29 is 4.79 Å². The van der Waals surface area contributed by atoms with Crippen LogP contribution in [-0.4, -0.2) is 21.1 Å². The number of nitrogens with zero attached hydrogens (tertiary/aromatic N) is 2. The molecule has 0 fully saturated rings. The minimum absolute atomic E-state index is 0.0799. The van der Waals surface area contributed by atoms with Gasteiger partial charge in [0.05, 0.1) is 17.3 Å². The van der Waals surface area contributed by atoms with Gasteiger partial charge in [0.2, 0.25) is 0 Å². The molecule has 0 saturated carbocycles. The van der Waals surface area contributed by atoms with Gasteiger partial charge in [-0.25, -0.2) is 4.98 Å². The summed E-state index contributed by atoms with van der Waals surface area (Å²) in [6.45, 7) is 6.12. The van der Waals surface area contributed by atoms with Crippen LogP contribution >= 0.6 is 0 Å². The highest BCUT2D eigenvalue weighted by molar-refractivity contribution is 6.04. The van der Waals surface area contributed by atoms with Gasteiger partial charge in [0.15, 0.2) is 0 Å². The van der Waals surface area contributed by atoms with E-state index in [0.29, 0.717) is 16.9 Å². The number of amides is 1. The van der Waals surface area contributed by atoms with Gasteiger partial charge in [-0.3, -0.25) is 9.89 Å². The van der Waals surface area contributed by atoms with Crippen molar-refractivity contribution in [2.45, 2.75) is 20.8 Å². The fourth-order valence-corrected chi connectivity index (χ4v) is 2.08. The quantitative estimate of drug-likeness (QED) is 0.709. The standard InChI is InChI=1S/C19H18N4O/c1-19(2,3)9-8-15-5-4-13(11-20-15)18(24)22-16-6-7-17-14(10-16)12-21-23-17/h4-7,10-12H,1-3H3,(H,21,23)(H,22,24). The molecule has 24 heavy (non-hydrogen) atoms. The lowest BCUT2D eigenvalue weighted by atomic mass is 9.98. The number of benzene rings is 1. The normalized spacial score (nSPS) is 11.0. The highest BCUT2D eigenvalue weighted by atomic mass is 16.1. The SMILES string of the molecule is CC(C)(C)C#Cc1ccc(C(=O)Nc2ccc3[nH]ncc3c2)cn1. The lowest BCUT2D eigenvalue weighted by molar-refractivity contribution is 0.102. The second kappa shape index (κ2) is 6.17. The molecule has 0 unspecified atom stereocenters. The highest BCUT2D eigenvalue weighted by Gasteiger charge is 2.08. The Morgan fingerprint density at radius 2 is 2.00 bits per heavy atom. The number of H-pyrrole nitrogens is 1. The number of aromatic nitrogens is 3. The molecular weight excluding hydrogens is 300 g/mol. The molecule has 2 aromatic heterocycles. The fraction of sp³-hybridized carbons (Fsp3) is 0.211. The Morgan fingerprint density at radius 1 is 1.17 bits per heavy atom. The van der Waals surface area contributed by atoms with Crippen molar-refractivity contribution in [2.24, 2.45) is 5.41 Å². The topological polar surface area (TPSA) is 70.7 Å². The molecular formula is C19H18N4O. The molecule has 0 saturated heterocycles. The Labute approximate surface area is 140 Å². The smallest absolute Gasteiger partial charge is 0.257 e. The molecule has 0 bridgehead atoms. The van der Waals surface area contributed by atoms with Crippen LogP contribution < -0.4 is 5.32 Å². The highest BCUT2D eigenvalue weighted by Crippen LogP contribution is 2.17. The lowest BCUT2D eigenvalue weighted by Gasteiger charge is -2.07. The van der Waals surface area contributed by atoms with E-state index in [4.69, 9.17) is 0 Å². The molecule has 0 atom stereocenters. The van der Waals surface area contributed by atoms with E-state index >= 15 is 0 Å². The van der Waals surface area contributed by atoms with E-state index in [1.54, 1.807) is 24.5 Å². The first kappa shape index (κ1) is 15.8. The molecule has 0 aliphatic heterocycles. The molecule has 5 heteroatoms. The van der Waals surface area contributed by atoms with Crippen molar-refractivity contribution in [2.75, 3.05) is 5.32 Å². The number of carbonyl (C=O) groups excluding carboxylic acids is 1. The third-order valence-corrected chi connectivity index (χ3v) is 3.29. The van der Waals surface area contributed by atoms with Gasteiger partial charge in [0.25, 0.3) is 5.91 Å². The minimum Gasteiger partial charge on any atom is -0.322 e. The molecule has 0 aliphatic carbocycles. The van der Waals surface area contributed by atoms with Crippen molar-refractivity contribution >= 4 is 22.5 Å². The summed E-state index contributed by atoms with van der Waals surface area (Å²) in [5, 5.41) is 10.6. The summed E-state index contributed by atoms with van der Waals surface area (Å²) in [6.07, 6.45) is 3.26. The van der Waals surface area contributed by atoms with E-state index in [9.17, 15) is 4.79 Å². The maximum atomic E-state index is 12.3. The van der Waals surface area contributed by atoms with Crippen LogP contribution in [-0.2, 0) is 0 Å². The van der Waals surface area contributed by atoms with Gasteiger partial charge < -0.3 is 5.32 Å². The predicted molar refractivity (Wildman–Crippen MR) is 94.6 cm³/mol.